The molecule has 156 valence electrons. The van der Waals surface area contributed by atoms with Crippen molar-refractivity contribution in [3.05, 3.63) is 75.8 Å². The number of para-hydroxylation sites is 1. The number of nitrogens with one attached hydrogen (secondary N) is 1. The van der Waals surface area contributed by atoms with Gasteiger partial charge in [-0.05, 0) is 55.6 Å². The van der Waals surface area contributed by atoms with Crippen molar-refractivity contribution in [3.63, 3.8) is 0 Å². The number of fused-ring (bicyclic) bond motifs is 1. The number of hydrogen-bond acceptors (Lipinski definition) is 4. The number of aryl methyl sites for hydroxylation is 2. The second-order valence-electron chi connectivity index (χ2n) is 8.04. The monoisotopic (exact) mass is 404 g/mol. The van der Waals surface area contributed by atoms with Gasteiger partial charge in [0.2, 0.25) is 5.91 Å². The Morgan fingerprint density at radius 2 is 1.80 bits per heavy atom. The first-order valence-electron chi connectivity index (χ1n) is 10.6. The number of carbonyl (C=O) groups excluding carboxylic acids is 1. The van der Waals surface area contributed by atoms with E-state index in [1.54, 1.807) is 6.07 Å². The summed E-state index contributed by atoms with van der Waals surface area (Å²) in [5.74, 6) is -0.0765. The molecule has 3 aromatic rings. The molecule has 0 radical (unpaired) electrons. The molecule has 1 N–H and O–H groups in total. The number of benzene rings is 2. The standard InChI is InChI=1S/C24H28N4O2/c1-18-5-4-6-21-23(18)26-17-28(24(21)30)14-11-22(29)25-15-19-7-9-20(10-8-19)16-27-12-2-3-13-27/h4-10,17H,2-3,11-16H2,1H3,(H,25,29). The number of aromatic nitrogens is 2. The fourth-order valence-electron chi connectivity index (χ4n) is 3.97. The summed E-state index contributed by atoms with van der Waals surface area (Å²) in [6.45, 7) is 6.12. The van der Waals surface area contributed by atoms with Crippen molar-refractivity contribution in [2.75, 3.05) is 13.1 Å². The predicted molar refractivity (Wildman–Crippen MR) is 118 cm³/mol. The van der Waals surface area contributed by atoms with Crippen LogP contribution in [0.15, 0.2) is 53.6 Å². The Bertz CT molecular complexity index is 1080. The van der Waals surface area contributed by atoms with Crippen molar-refractivity contribution in [2.45, 2.75) is 45.8 Å². The molecule has 6 heteroatoms. The van der Waals surface area contributed by atoms with Crippen LogP contribution in [0.25, 0.3) is 10.9 Å². The van der Waals surface area contributed by atoms with Gasteiger partial charge in [-0.2, -0.15) is 0 Å². The Morgan fingerprint density at radius 1 is 1.07 bits per heavy atom. The molecule has 1 aromatic heterocycles. The van der Waals surface area contributed by atoms with Crippen molar-refractivity contribution in [1.29, 1.82) is 0 Å². The number of amides is 1. The van der Waals surface area contributed by atoms with E-state index in [2.05, 4.69) is 39.5 Å². The molecule has 0 bridgehead atoms. The molecule has 6 nitrogen and oxygen atoms in total. The average Bonchev–Trinajstić information content (AvgIpc) is 3.26. The van der Waals surface area contributed by atoms with Gasteiger partial charge in [0.05, 0.1) is 17.2 Å². The van der Waals surface area contributed by atoms with Crippen LogP contribution < -0.4 is 10.9 Å². The highest BCUT2D eigenvalue weighted by Gasteiger charge is 2.12. The third-order valence-corrected chi connectivity index (χ3v) is 5.75. The van der Waals surface area contributed by atoms with E-state index in [1.165, 1.54) is 42.4 Å². The lowest BCUT2D eigenvalue weighted by Crippen LogP contribution is -2.27. The van der Waals surface area contributed by atoms with E-state index in [4.69, 9.17) is 0 Å². The van der Waals surface area contributed by atoms with Crippen LogP contribution >= 0.6 is 0 Å². The SMILES string of the molecule is Cc1cccc2c(=O)n(CCC(=O)NCc3ccc(CN4CCCC4)cc3)cnc12. The summed E-state index contributed by atoms with van der Waals surface area (Å²) in [5, 5.41) is 3.53. The van der Waals surface area contributed by atoms with E-state index in [-0.39, 0.29) is 17.9 Å². The fraction of sp³-hybridized carbons (Fsp3) is 0.375. The Balaban J connectivity index is 1.28. The quantitative estimate of drug-likeness (QED) is 0.657. The molecule has 1 amide bonds. The maximum Gasteiger partial charge on any atom is 0.261 e. The van der Waals surface area contributed by atoms with Gasteiger partial charge in [-0.15, -0.1) is 0 Å². The molecular weight excluding hydrogens is 376 g/mol. The summed E-state index contributed by atoms with van der Waals surface area (Å²) in [7, 11) is 0. The van der Waals surface area contributed by atoms with Crippen LogP contribution in [0.3, 0.4) is 0 Å². The largest absolute Gasteiger partial charge is 0.352 e. The molecule has 2 heterocycles. The zero-order valence-electron chi connectivity index (χ0n) is 17.4. The third-order valence-electron chi connectivity index (χ3n) is 5.75. The minimum atomic E-state index is -0.106. The van der Waals surface area contributed by atoms with E-state index in [0.29, 0.717) is 18.5 Å². The van der Waals surface area contributed by atoms with Gasteiger partial charge in [0.1, 0.15) is 0 Å². The van der Waals surface area contributed by atoms with Crippen LogP contribution in [-0.2, 0) is 24.4 Å². The van der Waals surface area contributed by atoms with Gasteiger partial charge in [0.15, 0.2) is 0 Å². The highest BCUT2D eigenvalue weighted by molar-refractivity contribution is 5.80. The van der Waals surface area contributed by atoms with Gasteiger partial charge in [0, 0.05) is 26.1 Å². The molecule has 30 heavy (non-hydrogen) atoms. The lowest BCUT2D eigenvalue weighted by molar-refractivity contribution is -0.121. The van der Waals surface area contributed by atoms with Gasteiger partial charge in [-0.25, -0.2) is 4.98 Å². The van der Waals surface area contributed by atoms with E-state index in [1.807, 2.05) is 19.1 Å². The predicted octanol–water partition coefficient (Wildman–Crippen LogP) is 3.01. The van der Waals surface area contributed by atoms with Crippen molar-refractivity contribution in [1.82, 2.24) is 19.8 Å². The first-order chi connectivity index (χ1) is 14.6. The summed E-state index contributed by atoms with van der Waals surface area (Å²) in [5.41, 5.74) is 3.97. The minimum Gasteiger partial charge on any atom is -0.352 e. The summed E-state index contributed by atoms with van der Waals surface area (Å²) in [6, 6.07) is 14.0. The smallest absolute Gasteiger partial charge is 0.261 e. The number of likely N-dealkylation sites (tertiary alicyclic amines) is 1. The summed E-state index contributed by atoms with van der Waals surface area (Å²) in [4.78, 5) is 31.7. The Morgan fingerprint density at radius 3 is 2.57 bits per heavy atom. The Kier molecular flexibility index (Phi) is 6.23. The molecule has 0 spiro atoms. The second kappa shape index (κ2) is 9.22. The number of nitrogens with zero attached hydrogens (tertiary/aromatic N) is 3. The second-order valence-corrected chi connectivity index (χ2v) is 8.04. The molecule has 0 saturated carbocycles. The molecule has 0 unspecified atom stereocenters. The first-order valence-corrected chi connectivity index (χ1v) is 10.6. The van der Waals surface area contributed by atoms with E-state index < -0.39 is 0 Å². The van der Waals surface area contributed by atoms with Crippen LogP contribution in [0.4, 0.5) is 0 Å². The van der Waals surface area contributed by atoms with Crippen molar-refractivity contribution in [2.24, 2.45) is 0 Å². The zero-order valence-corrected chi connectivity index (χ0v) is 17.4. The number of rotatable bonds is 7. The van der Waals surface area contributed by atoms with Gasteiger partial charge < -0.3 is 5.32 Å². The van der Waals surface area contributed by atoms with Crippen LogP contribution in [-0.4, -0.2) is 33.4 Å². The van der Waals surface area contributed by atoms with Crippen molar-refractivity contribution in [3.8, 4) is 0 Å². The molecule has 2 aromatic carbocycles. The summed E-state index contributed by atoms with van der Waals surface area (Å²) < 4.78 is 1.51. The molecule has 1 aliphatic rings. The Labute approximate surface area is 176 Å². The van der Waals surface area contributed by atoms with E-state index in [9.17, 15) is 9.59 Å². The molecular formula is C24H28N4O2. The molecule has 1 aliphatic heterocycles. The molecule has 1 saturated heterocycles. The maximum absolute atomic E-state index is 12.6. The number of carbonyl (C=O) groups is 1. The number of hydrogen-bond donors (Lipinski definition) is 1. The molecule has 0 aliphatic carbocycles. The lowest BCUT2D eigenvalue weighted by atomic mass is 10.1. The topological polar surface area (TPSA) is 67.2 Å². The molecule has 1 fully saturated rings. The van der Waals surface area contributed by atoms with Gasteiger partial charge >= 0.3 is 0 Å². The zero-order chi connectivity index (χ0) is 20.9. The van der Waals surface area contributed by atoms with Crippen LogP contribution in [0.5, 0.6) is 0 Å². The minimum absolute atomic E-state index is 0.0765. The van der Waals surface area contributed by atoms with E-state index in [0.717, 1.165) is 23.2 Å². The van der Waals surface area contributed by atoms with Crippen LogP contribution in [0.2, 0.25) is 0 Å². The fourth-order valence-corrected chi connectivity index (χ4v) is 3.97. The maximum atomic E-state index is 12.6. The molecule has 4 rings (SSSR count). The van der Waals surface area contributed by atoms with Crippen molar-refractivity contribution >= 4 is 16.8 Å². The molecule has 0 atom stereocenters. The summed E-state index contributed by atoms with van der Waals surface area (Å²) >= 11 is 0. The van der Waals surface area contributed by atoms with Crippen molar-refractivity contribution < 1.29 is 4.79 Å². The van der Waals surface area contributed by atoms with Gasteiger partial charge in [0.25, 0.3) is 5.56 Å². The van der Waals surface area contributed by atoms with Gasteiger partial charge in [-0.1, -0.05) is 36.4 Å². The van der Waals surface area contributed by atoms with E-state index >= 15 is 0 Å². The Hall–Kier alpha value is -2.99. The lowest BCUT2D eigenvalue weighted by Gasteiger charge is -2.14. The summed E-state index contributed by atoms with van der Waals surface area (Å²) in [6.07, 6.45) is 4.37. The first kappa shape index (κ1) is 20.3. The van der Waals surface area contributed by atoms with Crippen LogP contribution in [0.1, 0.15) is 36.0 Å². The average molecular weight is 405 g/mol. The third kappa shape index (κ3) is 4.76. The van der Waals surface area contributed by atoms with Gasteiger partial charge in [-0.3, -0.25) is 19.1 Å². The highest BCUT2D eigenvalue weighted by Crippen LogP contribution is 2.14. The highest BCUT2D eigenvalue weighted by atomic mass is 16.1. The normalized spacial score (nSPS) is 14.3. The van der Waals surface area contributed by atoms with Crippen LogP contribution in [0, 0.1) is 6.92 Å².